The first-order valence-corrected chi connectivity index (χ1v) is 6.27. The van der Waals surface area contributed by atoms with Crippen molar-refractivity contribution in [3.8, 4) is 5.75 Å². The van der Waals surface area contributed by atoms with E-state index >= 15 is 0 Å². The largest absolute Gasteiger partial charge is 0.497 e. The molecule has 1 N–H and O–H groups in total. The molecule has 0 aromatic heterocycles. The Hall–Kier alpha value is -2.03. The van der Waals surface area contributed by atoms with Gasteiger partial charge in [-0.2, -0.15) is 0 Å². The maximum atomic E-state index is 13.5. The predicted molar refractivity (Wildman–Crippen MR) is 76.2 cm³/mol. The van der Waals surface area contributed by atoms with Gasteiger partial charge in [0, 0.05) is 11.7 Å². The molecule has 19 heavy (non-hydrogen) atoms. The van der Waals surface area contributed by atoms with Crippen LogP contribution in [0.25, 0.3) is 0 Å². The van der Waals surface area contributed by atoms with Crippen LogP contribution in [0.1, 0.15) is 24.1 Å². The van der Waals surface area contributed by atoms with E-state index in [1.165, 1.54) is 6.07 Å². The summed E-state index contributed by atoms with van der Waals surface area (Å²) in [4.78, 5) is 0. The highest BCUT2D eigenvalue weighted by molar-refractivity contribution is 5.47. The number of hydrogen-bond acceptors (Lipinski definition) is 2. The number of anilines is 1. The van der Waals surface area contributed by atoms with E-state index in [4.69, 9.17) is 4.74 Å². The summed E-state index contributed by atoms with van der Waals surface area (Å²) in [6, 6.07) is 13.1. The van der Waals surface area contributed by atoms with Crippen LogP contribution in [0.5, 0.6) is 5.75 Å². The summed E-state index contributed by atoms with van der Waals surface area (Å²) in [6.07, 6.45) is 0. The summed E-state index contributed by atoms with van der Waals surface area (Å²) < 4.78 is 18.7. The second-order valence-corrected chi connectivity index (χ2v) is 4.61. The fraction of sp³-hybridized carbons (Fsp3) is 0.250. The van der Waals surface area contributed by atoms with Crippen LogP contribution in [-0.4, -0.2) is 7.11 Å². The molecular formula is C16H18FNO. The molecule has 1 unspecified atom stereocenters. The molecule has 0 heterocycles. The first-order valence-electron chi connectivity index (χ1n) is 6.27. The van der Waals surface area contributed by atoms with Gasteiger partial charge in [-0.1, -0.05) is 18.2 Å². The normalized spacial score (nSPS) is 12.0. The van der Waals surface area contributed by atoms with Crippen LogP contribution in [0.3, 0.4) is 0 Å². The highest BCUT2D eigenvalue weighted by atomic mass is 19.1. The zero-order valence-electron chi connectivity index (χ0n) is 11.4. The smallest absolute Gasteiger partial charge is 0.128 e. The second kappa shape index (κ2) is 5.74. The molecule has 2 nitrogen and oxygen atoms in total. The minimum absolute atomic E-state index is 0.0807. The number of aryl methyl sites for hydroxylation is 1. The maximum absolute atomic E-state index is 13.5. The molecule has 0 fully saturated rings. The molecule has 2 aromatic rings. The Balaban J connectivity index is 2.15. The third-order valence-corrected chi connectivity index (χ3v) is 3.15. The summed E-state index contributed by atoms with van der Waals surface area (Å²) in [6.45, 7) is 3.79. The van der Waals surface area contributed by atoms with Crippen molar-refractivity contribution in [3.05, 3.63) is 59.4 Å². The van der Waals surface area contributed by atoms with Gasteiger partial charge in [-0.15, -0.1) is 0 Å². The van der Waals surface area contributed by atoms with E-state index in [9.17, 15) is 4.39 Å². The van der Waals surface area contributed by atoms with Gasteiger partial charge in [0.25, 0.3) is 0 Å². The van der Waals surface area contributed by atoms with Crippen molar-refractivity contribution in [3.63, 3.8) is 0 Å². The van der Waals surface area contributed by atoms with E-state index in [0.717, 1.165) is 17.0 Å². The SMILES string of the molecule is COc1cccc(C(C)Nc2ccc(C)c(F)c2)c1. The average Bonchev–Trinajstić information content (AvgIpc) is 2.43. The Morgan fingerprint density at radius 3 is 2.63 bits per heavy atom. The van der Waals surface area contributed by atoms with Crippen LogP contribution < -0.4 is 10.1 Å². The van der Waals surface area contributed by atoms with Gasteiger partial charge in [0.1, 0.15) is 11.6 Å². The Labute approximate surface area is 113 Å². The van der Waals surface area contributed by atoms with Crippen molar-refractivity contribution in [1.29, 1.82) is 0 Å². The third-order valence-electron chi connectivity index (χ3n) is 3.15. The predicted octanol–water partition coefficient (Wildman–Crippen LogP) is 4.32. The molecular weight excluding hydrogens is 241 g/mol. The van der Waals surface area contributed by atoms with Crippen LogP contribution in [-0.2, 0) is 0 Å². The number of halogens is 1. The number of hydrogen-bond donors (Lipinski definition) is 1. The fourth-order valence-electron chi connectivity index (χ4n) is 1.93. The monoisotopic (exact) mass is 259 g/mol. The molecule has 0 spiro atoms. The summed E-state index contributed by atoms with van der Waals surface area (Å²) in [5.41, 5.74) is 2.53. The maximum Gasteiger partial charge on any atom is 0.128 e. The lowest BCUT2D eigenvalue weighted by Gasteiger charge is -2.16. The van der Waals surface area contributed by atoms with E-state index < -0.39 is 0 Å². The lowest BCUT2D eigenvalue weighted by Crippen LogP contribution is -2.07. The lowest BCUT2D eigenvalue weighted by atomic mass is 10.1. The van der Waals surface area contributed by atoms with Crippen LogP contribution in [0.4, 0.5) is 10.1 Å². The van der Waals surface area contributed by atoms with Crippen molar-refractivity contribution in [2.24, 2.45) is 0 Å². The van der Waals surface area contributed by atoms with Gasteiger partial charge >= 0.3 is 0 Å². The van der Waals surface area contributed by atoms with Gasteiger partial charge in [-0.05, 0) is 49.2 Å². The summed E-state index contributed by atoms with van der Waals surface area (Å²) in [7, 11) is 1.65. The van der Waals surface area contributed by atoms with Gasteiger partial charge in [0.2, 0.25) is 0 Å². The zero-order valence-corrected chi connectivity index (χ0v) is 11.4. The summed E-state index contributed by atoms with van der Waals surface area (Å²) in [5.74, 6) is 0.629. The minimum atomic E-state index is -0.192. The lowest BCUT2D eigenvalue weighted by molar-refractivity contribution is 0.414. The molecule has 0 bridgehead atoms. The first kappa shape index (κ1) is 13.4. The number of rotatable bonds is 4. The van der Waals surface area contributed by atoms with Gasteiger partial charge in [-0.3, -0.25) is 0 Å². The zero-order chi connectivity index (χ0) is 13.8. The van der Waals surface area contributed by atoms with Crippen molar-refractivity contribution in [1.82, 2.24) is 0 Å². The van der Waals surface area contributed by atoms with Crippen LogP contribution >= 0.6 is 0 Å². The average molecular weight is 259 g/mol. The van der Waals surface area contributed by atoms with E-state index in [1.54, 1.807) is 20.1 Å². The van der Waals surface area contributed by atoms with Gasteiger partial charge in [-0.25, -0.2) is 4.39 Å². The Morgan fingerprint density at radius 2 is 1.95 bits per heavy atom. The standard InChI is InChI=1S/C16H18FNO/c1-11-7-8-14(10-16(11)17)18-12(2)13-5-4-6-15(9-13)19-3/h4-10,12,18H,1-3H3. The van der Waals surface area contributed by atoms with Crippen molar-refractivity contribution in [2.75, 3.05) is 12.4 Å². The molecule has 2 aromatic carbocycles. The van der Waals surface area contributed by atoms with Crippen LogP contribution in [0.15, 0.2) is 42.5 Å². The van der Waals surface area contributed by atoms with Gasteiger partial charge < -0.3 is 10.1 Å². The molecule has 0 aliphatic carbocycles. The molecule has 0 amide bonds. The third kappa shape index (κ3) is 3.25. The molecule has 3 heteroatoms. The summed E-state index contributed by atoms with van der Waals surface area (Å²) in [5, 5.41) is 3.28. The Kier molecular flexibility index (Phi) is 4.05. The molecule has 0 radical (unpaired) electrons. The highest BCUT2D eigenvalue weighted by Crippen LogP contribution is 2.23. The number of nitrogens with one attached hydrogen (secondary N) is 1. The Bertz CT molecular complexity index is 568. The number of methoxy groups -OCH3 is 1. The molecule has 1 atom stereocenters. The molecule has 0 saturated heterocycles. The van der Waals surface area contributed by atoms with E-state index in [-0.39, 0.29) is 11.9 Å². The van der Waals surface area contributed by atoms with Gasteiger partial charge in [0.05, 0.1) is 7.11 Å². The second-order valence-electron chi connectivity index (χ2n) is 4.61. The topological polar surface area (TPSA) is 21.3 Å². The molecule has 100 valence electrons. The Morgan fingerprint density at radius 1 is 1.16 bits per heavy atom. The van der Waals surface area contributed by atoms with Crippen molar-refractivity contribution < 1.29 is 9.13 Å². The number of ether oxygens (including phenoxy) is 1. The van der Waals surface area contributed by atoms with E-state index in [0.29, 0.717) is 5.56 Å². The van der Waals surface area contributed by atoms with Gasteiger partial charge in [0.15, 0.2) is 0 Å². The first-order chi connectivity index (χ1) is 9.10. The minimum Gasteiger partial charge on any atom is -0.497 e. The number of benzene rings is 2. The van der Waals surface area contributed by atoms with E-state index in [1.807, 2.05) is 37.3 Å². The molecule has 0 aliphatic rings. The van der Waals surface area contributed by atoms with Crippen LogP contribution in [0.2, 0.25) is 0 Å². The highest BCUT2D eigenvalue weighted by Gasteiger charge is 2.07. The van der Waals surface area contributed by atoms with Crippen molar-refractivity contribution >= 4 is 5.69 Å². The molecule has 2 rings (SSSR count). The van der Waals surface area contributed by atoms with E-state index in [2.05, 4.69) is 5.32 Å². The van der Waals surface area contributed by atoms with Crippen molar-refractivity contribution in [2.45, 2.75) is 19.9 Å². The fourth-order valence-corrected chi connectivity index (χ4v) is 1.93. The summed E-state index contributed by atoms with van der Waals surface area (Å²) >= 11 is 0. The molecule has 0 saturated carbocycles. The quantitative estimate of drug-likeness (QED) is 0.883. The molecule has 0 aliphatic heterocycles. The van der Waals surface area contributed by atoms with Crippen LogP contribution in [0, 0.1) is 12.7 Å².